The molecule has 0 aliphatic heterocycles. The van der Waals surface area contributed by atoms with E-state index in [2.05, 4.69) is 10.2 Å². The van der Waals surface area contributed by atoms with Gasteiger partial charge < -0.3 is 0 Å². The summed E-state index contributed by atoms with van der Waals surface area (Å²) in [7, 11) is 0. The lowest BCUT2D eigenvalue weighted by Gasteiger charge is -1.47. The molecule has 7 heavy (non-hydrogen) atoms. The van der Waals surface area contributed by atoms with Gasteiger partial charge in [-0.3, -0.25) is 5.10 Å². The summed E-state index contributed by atoms with van der Waals surface area (Å²) in [5, 5.41) is 6.06. The van der Waals surface area contributed by atoms with Crippen molar-refractivity contribution < 1.29 is 4.21 Å². The Labute approximate surface area is 44.2 Å². The molecule has 3 nitrogen and oxygen atoms in total. The van der Waals surface area contributed by atoms with Gasteiger partial charge in [0.05, 0.1) is 6.20 Å². The molecule has 1 N–H and O–H groups in total. The van der Waals surface area contributed by atoms with Crippen molar-refractivity contribution in [3.05, 3.63) is 12.4 Å². The molecule has 0 amide bonds. The molecule has 0 fully saturated rings. The van der Waals surface area contributed by atoms with Crippen molar-refractivity contribution in [1.82, 2.24) is 10.2 Å². The topological polar surface area (TPSA) is 45.8 Å². The number of aromatic amines is 1. The fraction of sp³-hybridized carbons (Fsp3) is 0. The molecule has 1 aromatic rings. The third-order valence-electron chi connectivity index (χ3n) is 0.569. The molecule has 0 saturated carbocycles. The van der Waals surface area contributed by atoms with Crippen LogP contribution in [0.3, 0.4) is 0 Å². The third-order valence-corrected chi connectivity index (χ3v) is 0.985. The number of nitrogens with zero attached hydrogens (tertiary/aromatic N) is 1. The number of aromatic nitrogens is 2. The van der Waals surface area contributed by atoms with Gasteiger partial charge in [-0.05, 0) is 0 Å². The van der Waals surface area contributed by atoms with Gasteiger partial charge in [0, 0.05) is 4.21 Å². The molecule has 0 atom stereocenters. The lowest BCUT2D eigenvalue weighted by atomic mass is 10.8. The number of rotatable bonds is 1. The largest absolute Gasteiger partial charge is 0.508 e. The zero-order chi connectivity index (χ0) is 5.11. The Kier molecular flexibility index (Phi) is 1.12. The van der Waals surface area contributed by atoms with Gasteiger partial charge in [0.2, 0.25) is 0 Å². The van der Waals surface area contributed by atoms with Crippen molar-refractivity contribution in [3.63, 3.8) is 0 Å². The summed E-state index contributed by atoms with van der Waals surface area (Å²) < 4.78 is 9.85. The summed E-state index contributed by atoms with van der Waals surface area (Å²) in [6.07, 6.45) is 3.04. The quantitative estimate of drug-likeness (QED) is 0.531. The Hall–Kier alpha value is -0.770. The van der Waals surface area contributed by atoms with Gasteiger partial charge in [-0.15, -0.1) is 0 Å². The van der Waals surface area contributed by atoms with E-state index in [-0.39, 0.29) is 0 Å². The Morgan fingerprint density at radius 3 is 3.00 bits per heavy atom. The van der Waals surface area contributed by atoms with Crippen molar-refractivity contribution in [1.29, 1.82) is 0 Å². The van der Waals surface area contributed by atoms with E-state index < -0.39 is 0 Å². The molecular formula is C3H3N2OS+. The van der Waals surface area contributed by atoms with Gasteiger partial charge in [0.25, 0.3) is 0 Å². The highest BCUT2D eigenvalue weighted by Crippen LogP contribution is 1.88. The van der Waals surface area contributed by atoms with Gasteiger partial charge in [-0.1, -0.05) is 0 Å². The predicted molar refractivity (Wildman–Crippen MR) is 24.9 cm³/mol. The Bertz CT molecular complexity index is 148. The normalized spacial score (nSPS) is 8.57. The maximum Gasteiger partial charge on any atom is 0.508 e. The van der Waals surface area contributed by atoms with E-state index in [0.717, 1.165) is 0 Å². The minimum Gasteiger partial charge on any atom is -0.280 e. The van der Waals surface area contributed by atoms with Crippen molar-refractivity contribution in [2.75, 3.05) is 0 Å². The van der Waals surface area contributed by atoms with Crippen LogP contribution in [0.1, 0.15) is 0 Å². The summed E-state index contributed by atoms with van der Waals surface area (Å²) in [4.78, 5) is 0.625. The fourth-order valence-electron chi connectivity index (χ4n) is 0.285. The minimum atomic E-state index is 0.432. The Morgan fingerprint density at radius 2 is 2.71 bits per heavy atom. The van der Waals surface area contributed by atoms with Crippen LogP contribution in [0.15, 0.2) is 17.3 Å². The number of hydrogen-bond acceptors (Lipinski definition) is 2. The number of nitrogens with one attached hydrogen (secondary N) is 1. The third kappa shape index (κ3) is 0.806. The van der Waals surface area contributed by atoms with Gasteiger partial charge in [0.15, 0.2) is 0 Å². The molecule has 0 unspecified atom stereocenters. The molecule has 4 heteroatoms. The molecule has 1 aromatic heterocycles. The second-order valence-electron chi connectivity index (χ2n) is 1.02. The summed E-state index contributed by atoms with van der Waals surface area (Å²) in [6, 6.07) is 0. The lowest BCUT2D eigenvalue weighted by molar-refractivity contribution is 0.605. The molecule has 0 saturated heterocycles. The summed E-state index contributed by atoms with van der Waals surface area (Å²) >= 11 is 0.432. The average molecular weight is 115 g/mol. The van der Waals surface area contributed by atoms with E-state index in [4.69, 9.17) is 0 Å². The van der Waals surface area contributed by atoms with Crippen LogP contribution in [0.2, 0.25) is 0 Å². The van der Waals surface area contributed by atoms with Crippen LogP contribution in [-0.4, -0.2) is 10.2 Å². The van der Waals surface area contributed by atoms with E-state index in [0.29, 0.717) is 16.6 Å². The van der Waals surface area contributed by atoms with E-state index in [1.165, 1.54) is 6.20 Å². The minimum absolute atomic E-state index is 0.432. The molecule has 0 spiro atoms. The van der Waals surface area contributed by atoms with Gasteiger partial charge in [-0.25, -0.2) is 0 Å². The Balaban J connectivity index is 2.96. The first-order valence-electron chi connectivity index (χ1n) is 1.72. The molecule has 36 valence electrons. The van der Waals surface area contributed by atoms with Gasteiger partial charge in [-0.2, -0.15) is 5.10 Å². The summed E-state index contributed by atoms with van der Waals surface area (Å²) in [6.45, 7) is 0. The monoisotopic (exact) mass is 115 g/mol. The molecular weight excluding hydrogens is 112 g/mol. The Morgan fingerprint density at radius 1 is 1.86 bits per heavy atom. The lowest BCUT2D eigenvalue weighted by Crippen LogP contribution is -1.57. The second kappa shape index (κ2) is 1.79. The van der Waals surface area contributed by atoms with Crippen molar-refractivity contribution in [3.8, 4) is 0 Å². The van der Waals surface area contributed by atoms with E-state index in [9.17, 15) is 4.21 Å². The van der Waals surface area contributed by atoms with Crippen LogP contribution in [0.25, 0.3) is 0 Å². The molecule has 0 aromatic carbocycles. The van der Waals surface area contributed by atoms with E-state index >= 15 is 0 Å². The number of hydrogen-bond donors (Lipinski definition) is 1. The van der Waals surface area contributed by atoms with Crippen molar-refractivity contribution >= 4 is 11.7 Å². The molecule has 0 radical (unpaired) electrons. The molecule has 0 aliphatic carbocycles. The molecule has 1 rings (SSSR count). The molecule has 1 heterocycles. The van der Waals surface area contributed by atoms with Crippen LogP contribution in [0, 0.1) is 0 Å². The highest BCUT2D eigenvalue weighted by atomic mass is 32.1. The molecule has 0 bridgehead atoms. The first-order valence-corrected chi connectivity index (χ1v) is 2.46. The van der Waals surface area contributed by atoms with Crippen LogP contribution in [0.4, 0.5) is 0 Å². The zero-order valence-corrected chi connectivity index (χ0v) is 4.23. The second-order valence-corrected chi connectivity index (χ2v) is 1.66. The predicted octanol–water partition coefficient (Wildman–Crippen LogP) is 0.197. The first kappa shape index (κ1) is 4.39. The van der Waals surface area contributed by atoms with Gasteiger partial charge in [0.1, 0.15) is 6.20 Å². The van der Waals surface area contributed by atoms with Crippen molar-refractivity contribution in [2.45, 2.75) is 4.90 Å². The van der Waals surface area contributed by atoms with E-state index in [1.807, 2.05) is 0 Å². The molecule has 0 aliphatic rings. The SMILES string of the molecule is O=[S+]c1cn[nH]c1. The van der Waals surface area contributed by atoms with Crippen LogP contribution >= 0.6 is 0 Å². The van der Waals surface area contributed by atoms with Crippen LogP contribution in [0.5, 0.6) is 0 Å². The average Bonchev–Trinajstić information content (AvgIpc) is 2.14. The van der Waals surface area contributed by atoms with Gasteiger partial charge >= 0.3 is 16.6 Å². The maximum atomic E-state index is 9.85. The van der Waals surface area contributed by atoms with Crippen LogP contribution < -0.4 is 0 Å². The summed E-state index contributed by atoms with van der Waals surface area (Å²) in [5.41, 5.74) is 0. The standard InChI is InChI=1S/C3H3N2OS/c6-7-3-1-4-5-2-3/h1-2H,(H,4,5)/q+1. The highest BCUT2D eigenvalue weighted by Gasteiger charge is 2.03. The highest BCUT2D eigenvalue weighted by molar-refractivity contribution is 7.65. The van der Waals surface area contributed by atoms with E-state index in [1.54, 1.807) is 6.20 Å². The summed E-state index contributed by atoms with van der Waals surface area (Å²) in [5.74, 6) is 0. The smallest absolute Gasteiger partial charge is 0.280 e. The fourth-order valence-corrected chi connectivity index (χ4v) is 0.481. The van der Waals surface area contributed by atoms with Crippen LogP contribution in [-0.2, 0) is 15.9 Å². The maximum absolute atomic E-state index is 9.85. The number of H-pyrrole nitrogens is 1. The zero-order valence-electron chi connectivity index (χ0n) is 3.42. The van der Waals surface area contributed by atoms with Crippen molar-refractivity contribution in [2.24, 2.45) is 0 Å². The first-order chi connectivity index (χ1) is 3.43.